The zero-order valence-electron chi connectivity index (χ0n) is 9.16. The van der Waals surface area contributed by atoms with Gasteiger partial charge in [0.05, 0.1) is 0 Å². The zero-order valence-corrected chi connectivity index (χ0v) is 12.4. The molecule has 0 saturated heterocycles. The first-order valence-corrected chi connectivity index (χ1v) is 8.00. The zero-order chi connectivity index (χ0) is 18.0. The summed E-state index contributed by atoms with van der Waals surface area (Å²) in [5.41, 5.74) is 0. The summed E-state index contributed by atoms with van der Waals surface area (Å²) in [5.74, 6) is 0. The smallest absolute Gasteiger partial charge is 0.759 e. The Labute approximate surface area is 127 Å². The Bertz CT molecular complexity index is 477. The van der Waals surface area contributed by atoms with Crippen LogP contribution in [0.15, 0.2) is 0 Å². The van der Waals surface area contributed by atoms with Gasteiger partial charge in [-0.3, -0.25) is 33.7 Å². The Morgan fingerprint density at radius 1 is 0.318 bits per heavy atom. The Hall–Kier alpha value is -0.520. The van der Waals surface area contributed by atoms with Crippen molar-refractivity contribution in [3.8, 4) is 0 Å². The minimum Gasteiger partial charge on any atom is -0.759 e. The molecule has 0 bridgehead atoms. The van der Waals surface area contributed by atoms with Crippen LogP contribution in [0.3, 0.4) is 0 Å². The Morgan fingerprint density at radius 3 is 0.318 bits per heavy atom. The standard InChI is InChI=1S/2C.4H2O4S/c;;4*1-5(2,3)4/h;;4*(H2,1,2,3,4)/q2*+4;;;;/p-8. The van der Waals surface area contributed by atoms with E-state index in [1.165, 1.54) is 0 Å². The molecule has 0 atom stereocenters. The molecule has 0 aliphatic rings. The van der Waals surface area contributed by atoms with Crippen LogP contribution >= 0.6 is 0 Å². The van der Waals surface area contributed by atoms with Gasteiger partial charge in [-0.05, 0) is 0 Å². The molecule has 0 aliphatic carbocycles. The molecule has 0 aromatic carbocycles. The molecular weight excluding hydrogens is 408 g/mol. The van der Waals surface area contributed by atoms with E-state index in [0.717, 1.165) is 0 Å². The molecule has 0 saturated carbocycles. The van der Waals surface area contributed by atoms with Crippen LogP contribution in [0.1, 0.15) is 0 Å². The van der Waals surface area contributed by atoms with Crippen molar-refractivity contribution in [2.75, 3.05) is 0 Å². The van der Waals surface area contributed by atoms with Crippen molar-refractivity contribution in [3.05, 3.63) is 14.9 Å². The maximum absolute atomic E-state index is 8.52. The molecular formula is C2O16S4. The van der Waals surface area contributed by atoms with Gasteiger partial charge < -0.3 is 36.4 Å². The van der Waals surface area contributed by atoms with Crippen LogP contribution in [0.2, 0.25) is 0 Å². The molecule has 0 unspecified atom stereocenters. The minimum absolute atomic E-state index is 0. The first-order valence-electron chi connectivity index (χ1n) is 2.67. The summed E-state index contributed by atoms with van der Waals surface area (Å²) in [7, 11) is -20.7. The fourth-order valence-corrected chi connectivity index (χ4v) is 0. The maximum atomic E-state index is 8.52. The van der Waals surface area contributed by atoms with Gasteiger partial charge in [0.25, 0.3) is 0 Å². The monoisotopic (exact) mass is 408 g/mol. The molecule has 0 aliphatic heterocycles. The van der Waals surface area contributed by atoms with Gasteiger partial charge in [0.15, 0.2) is 0 Å². The van der Waals surface area contributed by atoms with E-state index < -0.39 is 41.6 Å². The molecule has 0 radical (unpaired) electrons. The molecule has 0 aromatic rings. The van der Waals surface area contributed by atoms with Crippen molar-refractivity contribution in [2.45, 2.75) is 0 Å². The van der Waals surface area contributed by atoms with Gasteiger partial charge in [-0.1, -0.05) is 0 Å². The summed E-state index contributed by atoms with van der Waals surface area (Å²) in [6.45, 7) is 0. The van der Waals surface area contributed by atoms with Crippen LogP contribution in [-0.4, -0.2) is 70.1 Å². The second-order valence-corrected chi connectivity index (χ2v) is 4.90. The summed E-state index contributed by atoms with van der Waals surface area (Å²) in [5, 5.41) is 0. The fraction of sp³-hybridized carbons (Fsp3) is 0. The van der Waals surface area contributed by atoms with Gasteiger partial charge in [0.1, 0.15) is 0 Å². The number of rotatable bonds is 0. The predicted molar refractivity (Wildman–Crippen MR) is 48.4 cm³/mol. The van der Waals surface area contributed by atoms with Gasteiger partial charge in [-0.15, -0.1) is 0 Å². The van der Waals surface area contributed by atoms with Crippen LogP contribution in [0, 0.1) is 14.9 Å². The van der Waals surface area contributed by atoms with Gasteiger partial charge in [-0.25, -0.2) is 0 Å². The van der Waals surface area contributed by atoms with Crippen molar-refractivity contribution in [1.82, 2.24) is 0 Å². The van der Waals surface area contributed by atoms with E-state index in [9.17, 15) is 0 Å². The molecule has 16 nitrogen and oxygen atoms in total. The van der Waals surface area contributed by atoms with Gasteiger partial charge in [0, 0.05) is 41.6 Å². The van der Waals surface area contributed by atoms with Crippen LogP contribution in [-0.2, 0) is 41.6 Å². The average molecular weight is 408 g/mol. The second-order valence-electron chi connectivity index (χ2n) is 1.63. The molecule has 0 rings (SSSR count). The maximum Gasteiger partial charge on any atom is 4.00 e. The van der Waals surface area contributed by atoms with Crippen molar-refractivity contribution >= 4 is 41.6 Å². The van der Waals surface area contributed by atoms with Crippen LogP contribution < -0.4 is 0 Å². The molecule has 20 heteroatoms. The van der Waals surface area contributed by atoms with Crippen molar-refractivity contribution < 1.29 is 70.1 Å². The summed E-state index contributed by atoms with van der Waals surface area (Å²) in [4.78, 5) is 0. The van der Waals surface area contributed by atoms with Gasteiger partial charge >= 0.3 is 14.9 Å². The first-order chi connectivity index (χ1) is 8.00. The fourth-order valence-electron chi connectivity index (χ4n) is 0. The Balaban J connectivity index is -0.0000000376. The van der Waals surface area contributed by atoms with Crippen LogP contribution in [0.5, 0.6) is 0 Å². The molecule has 0 aromatic heterocycles. The molecule has 0 N–H and O–H groups in total. The number of hydrogen-bond acceptors (Lipinski definition) is 16. The van der Waals surface area contributed by atoms with Crippen molar-refractivity contribution in [3.63, 3.8) is 0 Å². The largest absolute Gasteiger partial charge is 4.00 e. The van der Waals surface area contributed by atoms with E-state index in [1.807, 2.05) is 0 Å². The molecule has 128 valence electrons. The van der Waals surface area contributed by atoms with E-state index in [4.69, 9.17) is 70.1 Å². The normalized spacial score (nSPS) is 10.5. The second kappa shape index (κ2) is 14.1. The van der Waals surface area contributed by atoms with E-state index in [2.05, 4.69) is 0 Å². The molecule has 22 heavy (non-hydrogen) atoms. The van der Waals surface area contributed by atoms with E-state index in [1.54, 1.807) is 0 Å². The molecule has 0 heterocycles. The summed E-state index contributed by atoms with van der Waals surface area (Å²) in [6.07, 6.45) is 0. The van der Waals surface area contributed by atoms with Crippen LogP contribution in [0.4, 0.5) is 0 Å². The number of hydrogen-bond donors (Lipinski definition) is 0. The third-order valence-electron chi connectivity index (χ3n) is 0. The van der Waals surface area contributed by atoms with E-state index >= 15 is 0 Å². The van der Waals surface area contributed by atoms with E-state index in [-0.39, 0.29) is 14.9 Å². The summed E-state index contributed by atoms with van der Waals surface area (Å²) in [6, 6.07) is 0. The summed E-state index contributed by atoms with van der Waals surface area (Å²) >= 11 is 0. The SMILES string of the molecule is O=S(=O)([O-])[O-].O=S(=O)([O-])[O-].O=S(=O)([O-])[O-].O=S(=O)([O-])[O-].[C+4].[C+4]. The minimum atomic E-state index is -5.17. The molecule has 0 spiro atoms. The molecule has 0 fully saturated rings. The third-order valence-corrected chi connectivity index (χ3v) is 0. The topological polar surface area (TPSA) is 321 Å². The van der Waals surface area contributed by atoms with Crippen molar-refractivity contribution in [1.29, 1.82) is 0 Å². The Kier molecular flexibility index (Phi) is 24.1. The average Bonchev–Trinajstić information content (AvgIpc) is 1.62. The van der Waals surface area contributed by atoms with Gasteiger partial charge in [-0.2, -0.15) is 0 Å². The predicted octanol–water partition coefficient (Wildman–Crippen LogP) is -5.19. The van der Waals surface area contributed by atoms with Crippen molar-refractivity contribution in [2.24, 2.45) is 0 Å². The van der Waals surface area contributed by atoms with Gasteiger partial charge in [0.2, 0.25) is 0 Å². The summed E-state index contributed by atoms with van der Waals surface area (Å²) < 4.78 is 136. The van der Waals surface area contributed by atoms with E-state index in [0.29, 0.717) is 0 Å². The van der Waals surface area contributed by atoms with Crippen LogP contribution in [0.25, 0.3) is 0 Å². The quantitative estimate of drug-likeness (QED) is 0.267. The Morgan fingerprint density at radius 2 is 0.318 bits per heavy atom. The first kappa shape index (κ1) is 37.6. The third kappa shape index (κ3) is 24600. The molecule has 0 amide bonds.